The standard InChI is InChI=1S/C15H27NO2/c1-12-5-4-6-13(11-12)14(17)15(2,3)16-7-9-18-10-8-16/h12-13H,4-11H2,1-3H3. The fourth-order valence-corrected chi connectivity index (χ4v) is 3.45. The minimum Gasteiger partial charge on any atom is -0.379 e. The van der Waals surface area contributed by atoms with E-state index in [0.717, 1.165) is 39.1 Å². The van der Waals surface area contributed by atoms with Gasteiger partial charge in [-0.15, -0.1) is 0 Å². The molecule has 1 saturated heterocycles. The lowest BCUT2D eigenvalue weighted by Gasteiger charge is -2.42. The van der Waals surface area contributed by atoms with E-state index in [1.807, 2.05) is 0 Å². The molecule has 104 valence electrons. The summed E-state index contributed by atoms with van der Waals surface area (Å²) in [6.45, 7) is 9.78. The average Bonchev–Trinajstić information content (AvgIpc) is 2.39. The van der Waals surface area contributed by atoms with Crippen LogP contribution in [-0.2, 0) is 9.53 Å². The summed E-state index contributed by atoms with van der Waals surface area (Å²) in [6, 6.07) is 0. The van der Waals surface area contributed by atoms with Crippen LogP contribution in [0.4, 0.5) is 0 Å². The zero-order valence-corrected chi connectivity index (χ0v) is 12.1. The lowest BCUT2D eigenvalue weighted by molar-refractivity contribution is -0.137. The Hall–Kier alpha value is -0.410. The zero-order chi connectivity index (χ0) is 13.2. The molecule has 1 aliphatic carbocycles. The number of rotatable bonds is 3. The third kappa shape index (κ3) is 2.94. The molecule has 2 unspecified atom stereocenters. The van der Waals surface area contributed by atoms with Gasteiger partial charge in [-0.2, -0.15) is 0 Å². The molecule has 0 radical (unpaired) electrons. The molecule has 2 aliphatic rings. The molecule has 0 amide bonds. The maximum Gasteiger partial charge on any atom is 0.155 e. The van der Waals surface area contributed by atoms with E-state index in [9.17, 15) is 4.79 Å². The highest BCUT2D eigenvalue weighted by molar-refractivity contribution is 5.89. The van der Waals surface area contributed by atoms with Gasteiger partial charge in [0.25, 0.3) is 0 Å². The van der Waals surface area contributed by atoms with Crippen molar-refractivity contribution in [3.63, 3.8) is 0 Å². The maximum atomic E-state index is 12.8. The molecule has 2 rings (SSSR count). The highest BCUT2D eigenvalue weighted by atomic mass is 16.5. The first-order valence-corrected chi connectivity index (χ1v) is 7.39. The Balaban J connectivity index is 2.01. The number of morpholine rings is 1. The van der Waals surface area contributed by atoms with Gasteiger partial charge in [-0.25, -0.2) is 0 Å². The van der Waals surface area contributed by atoms with Crippen LogP contribution in [0.2, 0.25) is 0 Å². The van der Waals surface area contributed by atoms with Gasteiger partial charge in [-0.05, 0) is 32.6 Å². The number of hydrogen-bond donors (Lipinski definition) is 0. The van der Waals surface area contributed by atoms with Crippen molar-refractivity contribution in [3.05, 3.63) is 0 Å². The summed E-state index contributed by atoms with van der Waals surface area (Å²) in [5, 5.41) is 0. The molecule has 0 N–H and O–H groups in total. The smallest absolute Gasteiger partial charge is 0.155 e. The number of nitrogens with zero attached hydrogens (tertiary/aromatic N) is 1. The Bertz CT molecular complexity index is 295. The third-order valence-corrected chi connectivity index (χ3v) is 4.71. The summed E-state index contributed by atoms with van der Waals surface area (Å²) in [5.74, 6) is 1.45. The van der Waals surface area contributed by atoms with Crippen LogP contribution in [0.3, 0.4) is 0 Å². The summed E-state index contributed by atoms with van der Waals surface area (Å²) in [7, 11) is 0. The predicted octanol–water partition coefficient (Wildman–Crippen LogP) is 2.49. The summed E-state index contributed by atoms with van der Waals surface area (Å²) >= 11 is 0. The minimum atomic E-state index is -0.314. The van der Waals surface area contributed by atoms with Crippen LogP contribution < -0.4 is 0 Å². The third-order valence-electron chi connectivity index (χ3n) is 4.71. The molecule has 2 atom stereocenters. The molecule has 18 heavy (non-hydrogen) atoms. The number of hydrogen-bond acceptors (Lipinski definition) is 3. The highest BCUT2D eigenvalue weighted by Gasteiger charge is 2.40. The Kier molecular flexibility index (Phi) is 4.44. The van der Waals surface area contributed by atoms with Gasteiger partial charge in [0.15, 0.2) is 5.78 Å². The monoisotopic (exact) mass is 253 g/mol. The molecule has 3 heteroatoms. The molecule has 1 aliphatic heterocycles. The van der Waals surface area contributed by atoms with Crippen molar-refractivity contribution in [2.24, 2.45) is 11.8 Å². The Morgan fingerprint density at radius 2 is 1.89 bits per heavy atom. The number of carbonyl (C=O) groups is 1. The summed E-state index contributed by atoms with van der Waals surface area (Å²) in [6.07, 6.45) is 4.70. The summed E-state index contributed by atoms with van der Waals surface area (Å²) in [5.41, 5.74) is -0.314. The molecular weight excluding hydrogens is 226 g/mol. The fraction of sp³-hybridized carbons (Fsp3) is 0.933. The molecule has 0 spiro atoms. The topological polar surface area (TPSA) is 29.5 Å². The van der Waals surface area contributed by atoms with Gasteiger partial charge >= 0.3 is 0 Å². The van der Waals surface area contributed by atoms with Crippen molar-refractivity contribution in [2.75, 3.05) is 26.3 Å². The predicted molar refractivity (Wildman–Crippen MR) is 72.6 cm³/mol. The molecule has 1 heterocycles. The number of carbonyl (C=O) groups excluding carboxylic acids is 1. The van der Waals surface area contributed by atoms with E-state index >= 15 is 0 Å². The molecule has 3 nitrogen and oxygen atoms in total. The molecule has 0 bridgehead atoms. The van der Waals surface area contributed by atoms with Crippen molar-refractivity contribution < 1.29 is 9.53 Å². The van der Waals surface area contributed by atoms with Gasteiger partial charge in [0.05, 0.1) is 18.8 Å². The Labute approximate surface area is 111 Å². The molecule has 2 fully saturated rings. The van der Waals surface area contributed by atoms with Crippen molar-refractivity contribution >= 4 is 5.78 Å². The van der Waals surface area contributed by atoms with Crippen LogP contribution in [0.15, 0.2) is 0 Å². The van der Waals surface area contributed by atoms with Crippen LogP contribution >= 0.6 is 0 Å². The first-order chi connectivity index (χ1) is 8.51. The first kappa shape index (κ1) is 14.0. The van der Waals surface area contributed by atoms with E-state index in [1.165, 1.54) is 12.8 Å². The van der Waals surface area contributed by atoms with Crippen molar-refractivity contribution in [1.29, 1.82) is 0 Å². The molecule has 0 aromatic carbocycles. The van der Waals surface area contributed by atoms with Crippen LogP contribution in [0.25, 0.3) is 0 Å². The second kappa shape index (κ2) is 5.70. The number of Topliss-reactive ketones (excluding diaryl/α,β-unsaturated/α-hetero) is 1. The highest BCUT2D eigenvalue weighted by Crippen LogP contribution is 2.33. The molecule has 0 aromatic heterocycles. The SMILES string of the molecule is CC1CCCC(C(=O)C(C)(C)N2CCOCC2)C1. The van der Waals surface area contributed by atoms with E-state index in [4.69, 9.17) is 4.74 Å². The van der Waals surface area contributed by atoms with Crippen LogP contribution in [-0.4, -0.2) is 42.5 Å². The molecular formula is C15H27NO2. The normalized spacial score (nSPS) is 31.3. The number of ether oxygens (including phenoxy) is 1. The molecule has 0 aromatic rings. The zero-order valence-electron chi connectivity index (χ0n) is 12.1. The first-order valence-electron chi connectivity index (χ1n) is 7.39. The van der Waals surface area contributed by atoms with Gasteiger partial charge < -0.3 is 4.74 Å². The average molecular weight is 253 g/mol. The van der Waals surface area contributed by atoms with E-state index in [-0.39, 0.29) is 11.5 Å². The van der Waals surface area contributed by atoms with Crippen LogP contribution in [0, 0.1) is 11.8 Å². The Morgan fingerprint density at radius 3 is 2.50 bits per heavy atom. The van der Waals surface area contributed by atoms with E-state index < -0.39 is 0 Å². The lowest BCUT2D eigenvalue weighted by Crippen LogP contribution is -2.56. The summed E-state index contributed by atoms with van der Waals surface area (Å²) in [4.78, 5) is 15.1. The van der Waals surface area contributed by atoms with Gasteiger partial charge in [0.2, 0.25) is 0 Å². The fourth-order valence-electron chi connectivity index (χ4n) is 3.45. The van der Waals surface area contributed by atoms with Crippen LogP contribution in [0.1, 0.15) is 46.5 Å². The van der Waals surface area contributed by atoms with Gasteiger partial charge in [-0.3, -0.25) is 9.69 Å². The number of ketones is 1. The van der Waals surface area contributed by atoms with Crippen LogP contribution in [0.5, 0.6) is 0 Å². The van der Waals surface area contributed by atoms with Gasteiger partial charge in [-0.1, -0.05) is 19.8 Å². The van der Waals surface area contributed by atoms with E-state index in [0.29, 0.717) is 11.7 Å². The summed E-state index contributed by atoms with van der Waals surface area (Å²) < 4.78 is 5.38. The second-order valence-corrected chi connectivity index (χ2v) is 6.49. The van der Waals surface area contributed by atoms with Crippen molar-refractivity contribution in [2.45, 2.75) is 52.0 Å². The Morgan fingerprint density at radius 1 is 1.22 bits per heavy atom. The van der Waals surface area contributed by atoms with E-state index in [1.54, 1.807) is 0 Å². The lowest BCUT2D eigenvalue weighted by atomic mass is 9.75. The molecule has 1 saturated carbocycles. The minimum absolute atomic E-state index is 0.284. The van der Waals surface area contributed by atoms with Crippen molar-refractivity contribution in [1.82, 2.24) is 4.90 Å². The van der Waals surface area contributed by atoms with E-state index in [2.05, 4.69) is 25.7 Å². The second-order valence-electron chi connectivity index (χ2n) is 6.49. The maximum absolute atomic E-state index is 12.8. The largest absolute Gasteiger partial charge is 0.379 e. The van der Waals surface area contributed by atoms with Gasteiger partial charge in [0, 0.05) is 19.0 Å². The van der Waals surface area contributed by atoms with Gasteiger partial charge in [0.1, 0.15) is 0 Å². The quantitative estimate of drug-likeness (QED) is 0.774. The van der Waals surface area contributed by atoms with Crippen molar-refractivity contribution in [3.8, 4) is 0 Å².